The van der Waals surface area contributed by atoms with Crippen LogP contribution in [0.25, 0.3) is 10.9 Å². The lowest BCUT2D eigenvalue weighted by atomic mass is 10.0. The van der Waals surface area contributed by atoms with Gasteiger partial charge in [0.25, 0.3) is 0 Å². The van der Waals surface area contributed by atoms with E-state index >= 15 is 0 Å². The minimum atomic E-state index is -1.13. The molecule has 0 radical (unpaired) electrons. The molecule has 1 aromatic heterocycles. The molecule has 4 nitrogen and oxygen atoms in total. The molecule has 0 aliphatic heterocycles. The largest absolute Gasteiger partial charge is 0.454 e. The van der Waals surface area contributed by atoms with E-state index in [0.717, 1.165) is 23.9 Å². The van der Waals surface area contributed by atoms with Crippen molar-refractivity contribution in [2.45, 2.75) is 20.3 Å². The van der Waals surface area contributed by atoms with Crippen LogP contribution < -0.4 is 0 Å². The highest BCUT2D eigenvalue weighted by atomic mass is 19.2. The standard InChI is InChI=1S/C21H17F2NO3/c1-3-17-12(2)20(14-6-4-5-7-18(14)24-17)21(26)27-11-19(25)13-8-9-15(22)16(23)10-13/h4-10H,3,11H2,1-2H3. The van der Waals surface area contributed by atoms with Crippen molar-refractivity contribution < 1.29 is 23.1 Å². The Hall–Kier alpha value is -3.15. The second-order valence-corrected chi connectivity index (χ2v) is 6.06. The third-order valence-electron chi connectivity index (χ3n) is 4.35. The lowest BCUT2D eigenvalue weighted by Gasteiger charge is -2.13. The summed E-state index contributed by atoms with van der Waals surface area (Å²) in [6.45, 7) is 3.15. The molecule has 0 atom stereocenters. The molecule has 27 heavy (non-hydrogen) atoms. The molecule has 0 unspecified atom stereocenters. The first-order chi connectivity index (χ1) is 12.9. The average molecular weight is 369 g/mol. The van der Waals surface area contributed by atoms with Crippen molar-refractivity contribution in [3.8, 4) is 0 Å². The van der Waals surface area contributed by atoms with Gasteiger partial charge in [0.2, 0.25) is 0 Å². The lowest BCUT2D eigenvalue weighted by molar-refractivity contribution is 0.0475. The number of ether oxygens (including phenoxy) is 1. The number of fused-ring (bicyclic) bond motifs is 1. The Balaban J connectivity index is 1.87. The number of halogens is 2. The van der Waals surface area contributed by atoms with Gasteiger partial charge in [-0.3, -0.25) is 9.78 Å². The molecule has 0 aliphatic carbocycles. The van der Waals surface area contributed by atoms with E-state index in [-0.39, 0.29) is 5.56 Å². The Morgan fingerprint density at radius 3 is 2.52 bits per heavy atom. The van der Waals surface area contributed by atoms with E-state index in [4.69, 9.17) is 4.74 Å². The third kappa shape index (κ3) is 3.69. The summed E-state index contributed by atoms with van der Waals surface area (Å²) in [6.07, 6.45) is 0.644. The number of Topliss-reactive ketones (excluding diaryl/α,β-unsaturated/α-hetero) is 1. The maximum atomic E-state index is 13.3. The Kier molecular flexibility index (Phi) is 5.26. The maximum Gasteiger partial charge on any atom is 0.339 e. The molecule has 138 valence electrons. The van der Waals surface area contributed by atoms with Crippen molar-refractivity contribution in [1.29, 1.82) is 0 Å². The van der Waals surface area contributed by atoms with Gasteiger partial charge >= 0.3 is 5.97 Å². The molecule has 3 rings (SSSR count). The van der Waals surface area contributed by atoms with Gasteiger partial charge in [0.15, 0.2) is 24.0 Å². The Morgan fingerprint density at radius 2 is 1.81 bits per heavy atom. The molecule has 0 amide bonds. The molecule has 2 aromatic carbocycles. The molecule has 0 bridgehead atoms. The van der Waals surface area contributed by atoms with E-state index in [9.17, 15) is 18.4 Å². The predicted molar refractivity (Wildman–Crippen MR) is 96.8 cm³/mol. The molecular weight excluding hydrogens is 352 g/mol. The van der Waals surface area contributed by atoms with Crippen LogP contribution in [-0.4, -0.2) is 23.3 Å². The highest BCUT2D eigenvalue weighted by Crippen LogP contribution is 2.24. The number of benzene rings is 2. The van der Waals surface area contributed by atoms with Crippen LogP contribution >= 0.6 is 0 Å². The average Bonchev–Trinajstić information content (AvgIpc) is 2.67. The van der Waals surface area contributed by atoms with E-state index in [1.54, 1.807) is 25.1 Å². The number of rotatable bonds is 5. The number of aromatic nitrogens is 1. The lowest BCUT2D eigenvalue weighted by Crippen LogP contribution is -2.16. The molecule has 6 heteroatoms. The van der Waals surface area contributed by atoms with Gasteiger partial charge in [-0.2, -0.15) is 0 Å². The number of nitrogens with zero attached hydrogens (tertiary/aromatic N) is 1. The molecule has 1 heterocycles. The van der Waals surface area contributed by atoms with Crippen molar-refractivity contribution in [1.82, 2.24) is 4.98 Å². The summed E-state index contributed by atoms with van der Waals surface area (Å²) in [4.78, 5) is 29.4. The minimum Gasteiger partial charge on any atom is -0.454 e. The zero-order chi connectivity index (χ0) is 19.6. The summed E-state index contributed by atoms with van der Waals surface area (Å²) in [5.41, 5.74) is 2.43. The highest BCUT2D eigenvalue weighted by molar-refractivity contribution is 6.06. The van der Waals surface area contributed by atoms with Gasteiger partial charge in [0.05, 0.1) is 11.1 Å². The summed E-state index contributed by atoms with van der Waals surface area (Å²) in [6, 6.07) is 9.98. The number of pyridine rings is 1. The van der Waals surface area contributed by atoms with Crippen molar-refractivity contribution in [2.75, 3.05) is 6.61 Å². The first kappa shape index (κ1) is 18.6. The minimum absolute atomic E-state index is 0.0627. The smallest absolute Gasteiger partial charge is 0.339 e. The Bertz CT molecular complexity index is 1050. The predicted octanol–water partition coefficient (Wildman–Crippen LogP) is 4.42. The van der Waals surface area contributed by atoms with Gasteiger partial charge < -0.3 is 4.74 Å². The topological polar surface area (TPSA) is 56.3 Å². The van der Waals surface area contributed by atoms with E-state index < -0.39 is 30.0 Å². The SMILES string of the molecule is CCc1nc2ccccc2c(C(=O)OCC(=O)c2ccc(F)c(F)c2)c1C. The number of esters is 1. The summed E-state index contributed by atoms with van der Waals surface area (Å²) >= 11 is 0. The van der Waals surface area contributed by atoms with Crippen LogP contribution in [0.5, 0.6) is 0 Å². The van der Waals surface area contributed by atoms with Crippen LogP contribution in [0.4, 0.5) is 8.78 Å². The number of carbonyl (C=O) groups excluding carboxylic acids is 2. The molecule has 0 saturated carbocycles. The van der Waals surface area contributed by atoms with E-state index in [2.05, 4.69) is 4.98 Å². The fraction of sp³-hybridized carbons (Fsp3) is 0.190. The maximum absolute atomic E-state index is 13.3. The van der Waals surface area contributed by atoms with Crippen LogP contribution in [0, 0.1) is 18.6 Å². The van der Waals surface area contributed by atoms with Crippen LogP contribution in [0.2, 0.25) is 0 Å². The summed E-state index contributed by atoms with van der Waals surface area (Å²) in [5.74, 6) is -3.45. The van der Waals surface area contributed by atoms with Gasteiger partial charge in [-0.15, -0.1) is 0 Å². The quantitative estimate of drug-likeness (QED) is 0.493. The number of para-hydroxylation sites is 1. The zero-order valence-corrected chi connectivity index (χ0v) is 14.9. The normalized spacial score (nSPS) is 10.8. The number of hydrogen-bond acceptors (Lipinski definition) is 4. The van der Waals surface area contributed by atoms with Crippen LogP contribution in [-0.2, 0) is 11.2 Å². The van der Waals surface area contributed by atoms with Gasteiger partial charge in [-0.25, -0.2) is 13.6 Å². The van der Waals surface area contributed by atoms with Crippen LogP contribution in [0.15, 0.2) is 42.5 Å². The molecule has 0 fully saturated rings. The second kappa shape index (κ2) is 7.61. The Morgan fingerprint density at radius 1 is 1.07 bits per heavy atom. The number of aryl methyl sites for hydroxylation is 1. The van der Waals surface area contributed by atoms with Crippen molar-refractivity contribution in [2.24, 2.45) is 0 Å². The van der Waals surface area contributed by atoms with Gasteiger partial charge in [-0.1, -0.05) is 25.1 Å². The zero-order valence-electron chi connectivity index (χ0n) is 14.9. The summed E-state index contributed by atoms with van der Waals surface area (Å²) in [7, 11) is 0. The molecule has 0 spiro atoms. The van der Waals surface area contributed by atoms with E-state index in [1.807, 2.05) is 13.0 Å². The fourth-order valence-corrected chi connectivity index (χ4v) is 2.92. The summed E-state index contributed by atoms with van der Waals surface area (Å²) < 4.78 is 31.4. The second-order valence-electron chi connectivity index (χ2n) is 6.06. The molecule has 0 aliphatic rings. The molecule has 0 saturated heterocycles. The van der Waals surface area contributed by atoms with E-state index in [0.29, 0.717) is 28.5 Å². The van der Waals surface area contributed by atoms with Crippen molar-refractivity contribution in [3.63, 3.8) is 0 Å². The first-order valence-electron chi connectivity index (χ1n) is 8.46. The number of ketones is 1. The first-order valence-corrected chi connectivity index (χ1v) is 8.46. The van der Waals surface area contributed by atoms with E-state index in [1.165, 1.54) is 0 Å². The molecule has 0 N–H and O–H groups in total. The van der Waals surface area contributed by atoms with Crippen LogP contribution in [0.1, 0.15) is 38.9 Å². The third-order valence-corrected chi connectivity index (χ3v) is 4.35. The fourth-order valence-electron chi connectivity index (χ4n) is 2.92. The monoisotopic (exact) mass is 369 g/mol. The Labute approximate surface area is 154 Å². The van der Waals surface area contributed by atoms with Gasteiger partial charge in [-0.05, 0) is 43.2 Å². The molecule has 3 aromatic rings. The van der Waals surface area contributed by atoms with Crippen molar-refractivity contribution in [3.05, 3.63) is 76.5 Å². The van der Waals surface area contributed by atoms with Gasteiger partial charge in [0, 0.05) is 16.6 Å². The van der Waals surface area contributed by atoms with Gasteiger partial charge in [0.1, 0.15) is 0 Å². The van der Waals surface area contributed by atoms with Crippen LogP contribution in [0.3, 0.4) is 0 Å². The van der Waals surface area contributed by atoms with Crippen molar-refractivity contribution >= 4 is 22.7 Å². The number of carbonyl (C=O) groups is 2. The molecular formula is C21H17F2NO3. The highest BCUT2D eigenvalue weighted by Gasteiger charge is 2.20. The number of hydrogen-bond donors (Lipinski definition) is 0. The summed E-state index contributed by atoms with van der Waals surface area (Å²) in [5, 5.41) is 0.637.